The molecule has 0 fully saturated rings. The van der Waals surface area contributed by atoms with Gasteiger partial charge in [0.1, 0.15) is 0 Å². The van der Waals surface area contributed by atoms with E-state index in [0.717, 1.165) is 24.1 Å². The fourth-order valence-electron chi connectivity index (χ4n) is 2.66. The molecule has 0 saturated carbocycles. The summed E-state index contributed by atoms with van der Waals surface area (Å²) in [5.41, 5.74) is 3.25. The van der Waals surface area contributed by atoms with Gasteiger partial charge >= 0.3 is 0 Å². The molecule has 4 heteroatoms. The van der Waals surface area contributed by atoms with Crippen molar-refractivity contribution in [3.8, 4) is 0 Å². The van der Waals surface area contributed by atoms with E-state index in [1.54, 1.807) is 4.90 Å². The molecule has 25 heavy (non-hydrogen) atoms. The van der Waals surface area contributed by atoms with Crippen LogP contribution in [0.25, 0.3) is 0 Å². The van der Waals surface area contributed by atoms with E-state index in [1.807, 2.05) is 49.4 Å². The highest BCUT2D eigenvalue weighted by Crippen LogP contribution is 2.15. The highest BCUT2D eigenvalue weighted by atomic mass is 16.2. The van der Waals surface area contributed by atoms with Gasteiger partial charge in [0.05, 0.1) is 0 Å². The molecule has 1 N–H and O–H groups in total. The SMILES string of the molecule is CC(=O)N(CCC(=O)NCCCc1ccccc1)c1ccc(C)cc1. The normalized spacial score (nSPS) is 10.3. The Hall–Kier alpha value is -2.62. The third-order valence-electron chi connectivity index (χ3n) is 4.10. The molecular formula is C21H26N2O2. The summed E-state index contributed by atoms with van der Waals surface area (Å²) in [7, 11) is 0. The Morgan fingerprint density at radius 1 is 1.00 bits per heavy atom. The van der Waals surface area contributed by atoms with Gasteiger partial charge < -0.3 is 10.2 Å². The zero-order chi connectivity index (χ0) is 18.1. The maximum absolute atomic E-state index is 12.0. The number of rotatable bonds is 8. The number of nitrogens with one attached hydrogen (secondary N) is 1. The summed E-state index contributed by atoms with van der Waals surface area (Å²) in [6, 6.07) is 18.0. The van der Waals surface area contributed by atoms with Crippen molar-refractivity contribution >= 4 is 17.5 Å². The Kier molecular flexibility index (Phi) is 7.20. The van der Waals surface area contributed by atoms with Crippen molar-refractivity contribution in [2.75, 3.05) is 18.0 Å². The Bertz CT molecular complexity index is 681. The zero-order valence-electron chi connectivity index (χ0n) is 15.0. The first-order chi connectivity index (χ1) is 12.1. The van der Waals surface area contributed by atoms with E-state index in [4.69, 9.17) is 0 Å². The molecule has 2 aromatic rings. The molecule has 2 aromatic carbocycles. The van der Waals surface area contributed by atoms with Crippen molar-refractivity contribution in [2.45, 2.75) is 33.1 Å². The minimum absolute atomic E-state index is 0.0218. The standard InChI is InChI=1S/C21H26N2O2/c1-17-10-12-20(13-11-17)23(18(2)24)16-14-21(25)22-15-6-9-19-7-4-3-5-8-19/h3-5,7-8,10-13H,6,9,14-16H2,1-2H3,(H,22,25). The minimum atomic E-state index is -0.0549. The first-order valence-corrected chi connectivity index (χ1v) is 8.71. The van der Waals surface area contributed by atoms with Crippen molar-refractivity contribution in [3.05, 3.63) is 65.7 Å². The van der Waals surface area contributed by atoms with E-state index in [2.05, 4.69) is 17.4 Å². The molecule has 0 radical (unpaired) electrons. The highest BCUT2D eigenvalue weighted by Gasteiger charge is 2.13. The van der Waals surface area contributed by atoms with Crippen LogP contribution < -0.4 is 10.2 Å². The molecule has 2 amide bonds. The Morgan fingerprint density at radius 3 is 2.32 bits per heavy atom. The molecule has 132 valence electrons. The van der Waals surface area contributed by atoms with Gasteiger partial charge in [-0.1, -0.05) is 48.0 Å². The summed E-state index contributed by atoms with van der Waals surface area (Å²) in [6.07, 6.45) is 2.16. The molecule has 0 heterocycles. The smallest absolute Gasteiger partial charge is 0.223 e. The lowest BCUT2D eigenvalue weighted by Gasteiger charge is -2.21. The molecule has 0 saturated heterocycles. The fourth-order valence-corrected chi connectivity index (χ4v) is 2.66. The summed E-state index contributed by atoms with van der Waals surface area (Å²) in [5, 5.41) is 2.93. The maximum atomic E-state index is 12.0. The lowest BCUT2D eigenvalue weighted by molar-refractivity contribution is -0.121. The average Bonchev–Trinajstić information content (AvgIpc) is 2.61. The Morgan fingerprint density at radius 2 is 1.68 bits per heavy atom. The molecule has 0 aliphatic heterocycles. The number of amides is 2. The second kappa shape index (κ2) is 9.62. The van der Waals surface area contributed by atoms with Crippen molar-refractivity contribution in [1.29, 1.82) is 0 Å². The Balaban J connectivity index is 1.73. The van der Waals surface area contributed by atoms with Crippen LogP contribution in [0.15, 0.2) is 54.6 Å². The number of hydrogen-bond donors (Lipinski definition) is 1. The van der Waals surface area contributed by atoms with Crippen molar-refractivity contribution in [2.24, 2.45) is 0 Å². The quantitative estimate of drug-likeness (QED) is 0.749. The maximum Gasteiger partial charge on any atom is 0.223 e. The summed E-state index contributed by atoms with van der Waals surface area (Å²) in [6.45, 7) is 4.57. The number of carbonyl (C=O) groups excluding carboxylic acids is 2. The van der Waals surface area contributed by atoms with Gasteiger partial charge in [0.15, 0.2) is 0 Å². The summed E-state index contributed by atoms with van der Waals surface area (Å²) in [5.74, 6) is -0.0767. The molecule has 0 spiro atoms. The second-order valence-electron chi connectivity index (χ2n) is 6.20. The number of nitrogens with zero attached hydrogens (tertiary/aromatic N) is 1. The molecule has 0 aromatic heterocycles. The van der Waals surface area contributed by atoms with Gasteiger partial charge in [-0.3, -0.25) is 9.59 Å². The lowest BCUT2D eigenvalue weighted by Crippen LogP contribution is -2.34. The van der Waals surface area contributed by atoms with E-state index in [0.29, 0.717) is 19.5 Å². The molecular weight excluding hydrogens is 312 g/mol. The molecule has 4 nitrogen and oxygen atoms in total. The zero-order valence-corrected chi connectivity index (χ0v) is 15.0. The van der Waals surface area contributed by atoms with E-state index < -0.39 is 0 Å². The second-order valence-corrected chi connectivity index (χ2v) is 6.20. The number of anilines is 1. The highest BCUT2D eigenvalue weighted by molar-refractivity contribution is 5.92. The summed E-state index contributed by atoms with van der Waals surface area (Å²) in [4.78, 5) is 25.5. The number of carbonyl (C=O) groups is 2. The van der Waals surface area contributed by atoms with Gasteiger partial charge in [-0.05, 0) is 37.5 Å². The number of benzene rings is 2. The van der Waals surface area contributed by atoms with Crippen molar-refractivity contribution in [1.82, 2.24) is 5.32 Å². The van der Waals surface area contributed by atoms with Gasteiger partial charge in [0.2, 0.25) is 11.8 Å². The van der Waals surface area contributed by atoms with Gasteiger partial charge in [-0.15, -0.1) is 0 Å². The van der Waals surface area contributed by atoms with E-state index in [9.17, 15) is 9.59 Å². The molecule has 0 aliphatic carbocycles. The van der Waals surface area contributed by atoms with Gasteiger partial charge in [-0.2, -0.15) is 0 Å². The van der Waals surface area contributed by atoms with Crippen LogP contribution in [-0.4, -0.2) is 24.9 Å². The van der Waals surface area contributed by atoms with Crippen LogP contribution in [0.5, 0.6) is 0 Å². The third-order valence-corrected chi connectivity index (χ3v) is 4.10. The molecule has 0 bridgehead atoms. The first kappa shape index (κ1) is 18.7. The van der Waals surface area contributed by atoms with E-state index in [-0.39, 0.29) is 11.8 Å². The molecule has 2 rings (SSSR count). The third kappa shape index (κ3) is 6.42. The van der Waals surface area contributed by atoms with Gasteiger partial charge in [0.25, 0.3) is 0 Å². The fraction of sp³-hybridized carbons (Fsp3) is 0.333. The summed E-state index contributed by atoms with van der Waals surface area (Å²) >= 11 is 0. The van der Waals surface area contributed by atoms with Crippen molar-refractivity contribution in [3.63, 3.8) is 0 Å². The van der Waals surface area contributed by atoms with Crippen LogP contribution in [0, 0.1) is 6.92 Å². The predicted octanol–water partition coefficient (Wildman–Crippen LogP) is 3.49. The summed E-state index contributed by atoms with van der Waals surface area (Å²) < 4.78 is 0. The van der Waals surface area contributed by atoms with Gasteiger partial charge in [0, 0.05) is 32.1 Å². The first-order valence-electron chi connectivity index (χ1n) is 8.71. The van der Waals surface area contributed by atoms with Gasteiger partial charge in [-0.25, -0.2) is 0 Å². The van der Waals surface area contributed by atoms with Crippen LogP contribution in [-0.2, 0) is 16.0 Å². The van der Waals surface area contributed by atoms with Crippen LogP contribution in [0.3, 0.4) is 0 Å². The monoisotopic (exact) mass is 338 g/mol. The largest absolute Gasteiger partial charge is 0.356 e. The van der Waals surface area contributed by atoms with E-state index in [1.165, 1.54) is 12.5 Å². The van der Waals surface area contributed by atoms with Crippen LogP contribution in [0.1, 0.15) is 30.9 Å². The average molecular weight is 338 g/mol. The molecule has 0 aliphatic rings. The lowest BCUT2D eigenvalue weighted by atomic mass is 10.1. The molecule has 0 unspecified atom stereocenters. The van der Waals surface area contributed by atoms with E-state index >= 15 is 0 Å². The Labute approximate surface area is 149 Å². The van der Waals surface area contributed by atoms with Crippen LogP contribution in [0.4, 0.5) is 5.69 Å². The minimum Gasteiger partial charge on any atom is -0.356 e. The van der Waals surface area contributed by atoms with Crippen molar-refractivity contribution < 1.29 is 9.59 Å². The predicted molar refractivity (Wildman–Crippen MR) is 102 cm³/mol. The topological polar surface area (TPSA) is 49.4 Å². The molecule has 0 atom stereocenters. The van der Waals surface area contributed by atoms with Crippen LogP contribution in [0.2, 0.25) is 0 Å². The van der Waals surface area contributed by atoms with Crippen LogP contribution >= 0.6 is 0 Å². The number of aryl methyl sites for hydroxylation is 2. The number of hydrogen-bond acceptors (Lipinski definition) is 2.